The van der Waals surface area contributed by atoms with Crippen molar-refractivity contribution in [3.05, 3.63) is 18.2 Å². The predicted octanol–water partition coefficient (Wildman–Crippen LogP) is 1.80. The molecule has 2 rings (SSSR count). The zero-order valence-corrected chi connectivity index (χ0v) is 15.8. The summed E-state index contributed by atoms with van der Waals surface area (Å²) < 4.78 is 16.7. The van der Waals surface area contributed by atoms with Gasteiger partial charge < -0.3 is 29.8 Å². The fourth-order valence-electron chi connectivity index (χ4n) is 2.94. The van der Waals surface area contributed by atoms with Crippen molar-refractivity contribution in [2.24, 2.45) is 5.92 Å². The summed E-state index contributed by atoms with van der Waals surface area (Å²) in [6, 6.07) is 5.34. The average Bonchev–Trinajstić information content (AvgIpc) is 2.62. The second-order valence-corrected chi connectivity index (χ2v) is 6.89. The first-order valence-electron chi connectivity index (χ1n) is 9.07. The number of methoxy groups -OCH3 is 1. The number of nitrogen functional groups attached to an aromatic ring is 1. The molecule has 0 radical (unpaired) electrons. The van der Waals surface area contributed by atoms with Crippen molar-refractivity contribution in [1.82, 2.24) is 4.81 Å². The number of ether oxygens (including phenoxy) is 3. The number of carbonyl (C=O) groups is 1. The van der Waals surface area contributed by atoms with Gasteiger partial charge in [-0.3, -0.25) is 4.79 Å². The molecule has 1 heterocycles. The molecular weight excluding hydrogens is 335 g/mol. The number of hydrogen-bond donors (Lipinski definition) is 2. The molecule has 1 aliphatic rings. The van der Waals surface area contributed by atoms with Gasteiger partial charge >= 0.3 is 13.0 Å². The van der Waals surface area contributed by atoms with Crippen LogP contribution in [0.5, 0.6) is 11.5 Å². The van der Waals surface area contributed by atoms with Crippen LogP contribution in [0.4, 0.5) is 5.69 Å². The van der Waals surface area contributed by atoms with Crippen LogP contribution in [0.1, 0.15) is 26.2 Å². The third-order valence-corrected chi connectivity index (χ3v) is 4.53. The maximum absolute atomic E-state index is 11.3. The zero-order chi connectivity index (χ0) is 19.1. The molecule has 1 aromatic carbocycles. The van der Waals surface area contributed by atoms with Gasteiger partial charge in [0.15, 0.2) is 11.5 Å². The second-order valence-electron chi connectivity index (χ2n) is 6.89. The Morgan fingerprint density at radius 2 is 2.08 bits per heavy atom. The Bertz CT molecular complexity index is 591. The average molecular weight is 364 g/mol. The molecule has 1 aromatic rings. The van der Waals surface area contributed by atoms with E-state index >= 15 is 0 Å². The van der Waals surface area contributed by atoms with Crippen LogP contribution in [0.15, 0.2) is 18.2 Å². The summed E-state index contributed by atoms with van der Waals surface area (Å²) in [4.78, 5) is 13.4. The number of benzene rings is 1. The molecule has 0 aliphatic carbocycles. The third-order valence-electron chi connectivity index (χ3n) is 4.53. The van der Waals surface area contributed by atoms with Gasteiger partial charge in [0.2, 0.25) is 0 Å². The van der Waals surface area contributed by atoms with E-state index in [1.807, 2.05) is 17.8 Å². The van der Waals surface area contributed by atoms with E-state index in [9.17, 15) is 9.82 Å². The lowest BCUT2D eigenvalue weighted by Crippen LogP contribution is -2.45. The normalized spacial score (nSPS) is 16.8. The number of nitrogens with two attached hydrogens (primary N) is 1. The lowest BCUT2D eigenvalue weighted by atomic mass is 9.82. The van der Waals surface area contributed by atoms with Gasteiger partial charge in [-0.25, -0.2) is 0 Å². The van der Waals surface area contributed by atoms with Crippen molar-refractivity contribution in [2.45, 2.75) is 39.1 Å². The summed E-state index contributed by atoms with van der Waals surface area (Å²) >= 11 is 0. The van der Waals surface area contributed by atoms with Gasteiger partial charge in [-0.1, -0.05) is 6.92 Å². The molecule has 3 N–H and O–H groups in total. The van der Waals surface area contributed by atoms with Gasteiger partial charge in [0, 0.05) is 17.7 Å². The van der Waals surface area contributed by atoms with E-state index in [1.165, 1.54) is 7.11 Å². The van der Waals surface area contributed by atoms with E-state index in [1.54, 1.807) is 19.0 Å². The lowest BCUT2D eigenvalue weighted by Gasteiger charge is -2.33. The van der Waals surface area contributed by atoms with Crippen LogP contribution >= 0.6 is 0 Å². The van der Waals surface area contributed by atoms with Crippen molar-refractivity contribution >= 4 is 18.7 Å². The predicted molar refractivity (Wildman–Crippen MR) is 101 cm³/mol. The Morgan fingerprint density at radius 1 is 1.38 bits per heavy atom. The minimum absolute atomic E-state index is 0.0195. The SMILES string of the molecule is COC(=O)CC(C)COc1cc(N)ccc1OC1CCN(B(C)O)CC1. The van der Waals surface area contributed by atoms with Crippen molar-refractivity contribution in [3.63, 3.8) is 0 Å². The Kier molecular flexibility index (Phi) is 7.59. The van der Waals surface area contributed by atoms with Crippen LogP contribution in [-0.2, 0) is 9.53 Å². The minimum atomic E-state index is -0.428. The van der Waals surface area contributed by atoms with E-state index < -0.39 is 7.05 Å². The molecule has 1 unspecified atom stereocenters. The smallest absolute Gasteiger partial charge is 0.376 e. The van der Waals surface area contributed by atoms with E-state index in [4.69, 9.17) is 15.2 Å². The van der Waals surface area contributed by atoms with Crippen LogP contribution in [-0.4, -0.2) is 55.8 Å². The standard InChI is InChI=1S/C18H29BN2O5/c1-13(10-18(22)24-3)12-25-17-11-14(20)4-5-16(17)26-15-6-8-21(9-7-15)19(2)23/h4-5,11,13,15,23H,6-10,12,20H2,1-3H3. The van der Waals surface area contributed by atoms with Crippen LogP contribution in [0, 0.1) is 5.92 Å². The van der Waals surface area contributed by atoms with E-state index in [2.05, 4.69) is 4.74 Å². The number of carbonyl (C=O) groups excluding carboxylic acids is 1. The highest BCUT2D eigenvalue weighted by molar-refractivity contribution is 6.45. The monoisotopic (exact) mass is 364 g/mol. The van der Waals surface area contributed by atoms with Gasteiger partial charge in [0.25, 0.3) is 0 Å². The first-order valence-corrected chi connectivity index (χ1v) is 9.07. The molecule has 144 valence electrons. The van der Waals surface area contributed by atoms with Gasteiger partial charge in [-0.05, 0) is 44.9 Å². The molecular formula is C18H29BN2O5. The van der Waals surface area contributed by atoms with Crippen LogP contribution in [0.25, 0.3) is 0 Å². The van der Waals surface area contributed by atoms with E-state index in [0.717, 1.165) is 25.9 Å². The highest BCUT2D eigenvalue weighted by Crippen LogP contribution is 2.32. The van der Waals surface area contributed by atoms with Gasteiger partial charge in [0.1, 0.15) is 6.10 Å². The first-order chi connectivity index (χ1) is 12.4. The van der Waals surface area contributed by atoms with Crippen molar-refractivity contribution in [3.8, 4) is 11.5 Å². The molecule has 0 saturated carbocycles. The molecule has 0 spiro atoms. The Hall–Kier alpha value is -1.93. The second kappa shape index (κ2) is 9.68. The van der Waals surface area contributed by atoms with E-state index in [-0.39, 0.29) is 18.0 Å². The van der Waals surface area contributed by atoms with Crippen LogP contribution in [0.3, 0.4) is 0 Å². The fraction of sp³-hybridized carbons (Fsp3) is 0.611. The highest BCUT2D eigenvalue weighted by atomic mass is 16.5. The summed E-state index contributed by atoms with van der Waals surface area (Å²) in [7, 11) is 0.949. The number of rotatable bonds is 8. The minimum Gasteiger partial charge on any atom is -0.489 e. The molecule has 1 saturated heterocycles. The molecule has 0 amide bonds. The fourth-order valence-corrected chi connectivity index (χ4v) is 2.94. The highest BCUT2D eigenvalue weighted by Gasteiger charge is 2.25. The van der Waals surface area contributed by atoms with Gasteiger partial charge in [-0.15, -0.1) is 0 Å². The number of hydrogen-bond acceptors (Lipinski definition) is 7. The Morgan fingerprint density at radius 3 is 2.69 bits per heavy atom. The Balaban J connectivity index is 1.94. The third kappa shape index (κ3) is 6.11. The van der Waals surface area contributed by atoms with Crippen molar-refractivity contribution < 1.29 is 24.0 Å². The molecule has 1 aliphatic heterocycles. The molecule has 0 aromatic heterocycles. The van der Waals surface area contributed by atoms with Gasteiger partial charge in [-0.2, -0.15) is 0 Å². The molecule has 26 heavy (non-hydrogen) atoms. The molecule has 7 nitrogen and oxygen atoms in total. The zero-order valence-electron chi connectivity index (χ0n) is 15.8. The first kappa shape index (κ1) is 20.4. The summed E-state index contributed by atoms with van der Waals surface area (Å²) in [5.41, 5.74) is 6.47. The topological polar surface area (TPSA) is 94.2 Å². The number of anilines is 1. The molecule has 1 fully saturated rings. The van der Waals surface area contributed by atoms with Crippen LogP contribution in [0.2, 0.25) is 6.82 Å². The summed E-state index contributed by atoms with van der Waals surface area (Å²) in [6.45, 7) is 5.67. The molecule has 1 atom stereocenters. The van der Waals surface area contributed by atoms with Crippen molar-refractivity contribution in [1.29, 1.82) is 0 Å². The summed E-state index contributed by atoms with van der Waals surface area (Å²) in [5, 5.41) is 9.65. The van der Waals surface area contributed by atoms with Gasteiger partial charge in [0.05, 0.1) is 20.1 Å². The number of nitrogens with zero attached hydrogens (tertiary/aromatic N) is 1. The van der Waals surface area contributed by atoms with E-state index in [0.29, 0.717) is 30.2 Å². The Labute approximate surface area is 155 Å². The summed E-state index contributed by atoms with van der Waals surface area (Å²) in [5.74, 6) is 1.00. The largest absolute Gasteiger partial charge is 0.489 e. The number of esters is 1. The quantitative estimate of drug-likeness (QED) is 0.413. The van der Waals surface area contributed by atoms with Crippen LogP contribution < -0.4 is 15.2 Å². The van der Waals surface area contributed by atoms with Crippen molar-refractivity contribution in [2.75, 3.05) is 32.5 Å². The maximum Gasteiger partial charge on any atom is 0.376 e. The summed E-state index contributed by atoms with van der Waals surface area (Å²) in [6.07, 6.45) is 2.05. The lowest BCUT2D eigenvalue weighted by molar-refractivity contribution is -0.141. The molecule has 8 heteroatoms. The maximum atomic E-state index is 11.3. The number of piperidine rings is 1. The molecule has 0 bridgehead atoms.